The summed E-state index contributed by atoms with van der Waals surface area (Å²) in [6, 6.07) is 5.42. The highest BCUT2D eigenvalue weighted by Crippen LogP contribution is 2.22. The van der Waals surface area contributed by atoms with E-state index >= 15 is 0 Å². The van der Waals surface area contributed by atoms with Gasteiger partial charge in [0.25, 0.3) is 0 Å². The van der Waals surface area contributed by atoms with Gasteiger partial charge in [0.1, 0.15) is 0 Å². The van der Waals surface area contributed by atoms with Gasteiger partial charge in [0.05, 0.1) is 11.0 Å². The Labute approximate surface area is 103 Å². The number of primary amides is 1. The van der Waals surface area contributed by atoms with E-state index in [1.165, 1.54) is 0 Å². The Morgan fingerprint density at radius 1 is 1.47 bits per heavy atom. The first-order chi connectivity index (χ1) is 8.08. The number of rotatable bonds is 4. The Kier molecular flexibility index (Phi) is 3.19. The SMILES string of the molecule is NC(=O)CCCn1c(N)nc2cc(Cl)ccc21. The Hall–Kier alpha value is -1.75. The summed E-state index contributed by atoms with van der Waals surface area (Å²) in [5.41, 5.74) is 12.6. The summed E-state index contributed by atoms with van der Waals surface area (Å²) in [7, 11) is 0. The second-order valence-electron chi connectivity index (χ2n) is 3.82. The summed E-state index contributed by atoms with van der Waals surface area (Å²) in [5, 5.41) is 0.624. The summed E-state index contributed by atoms with van der Waals surface area (Å²) >= 11 is 5.87. The van der Waals surface area contributed by atoms with Crippen LogP contribution in [0, 0.1) is 0 Å². The number of aryl methyl sites for hydroxylation is 1. The van der Waals surface area contributed by atoms with Gasteiger partial charge in [-0.25, -0.2) is 4.98 Å². The van der Waals surface area contributed by atoms with Crippen LogP contribution in [0.3, 0.4) is 0 Å². The van der Waals surface area contributed by atoms with Crippen molar-refractivity contribution in [3.05, 3.63) is 23.2 Å². The molecule has 0 atom stereocenters. The van der Waals surface area contributed by atoms with E-state index < -0.39 is 0 Å². The molecular weight excluding hydrogens is 240 g/mol. The number of carbonyl (C=O) groups is 1. The molecule has 17 heavy (non-hydrogen) atoms. The standard InChI is InChI=1S/C11H13ClN4O/c12-7-3-4-9-8(6-7)15-11(14)16(9)5-1-2-10(13)17/h3-4,6H,1-2,5H2,(H2,13,17)(H2,14,15). The number of nitrogen functional groups attached to an aromatic ring is 1. The number of hydrogen-bond donors (Lipinski definition) is 2. The van der Waals surface area contributed by atoms with E-state index in [9.17, 15) is 4.79 Å². The lowest BCUT2D eigenvalue weighted by Crippen LogP contribution is -2.12. The molecule has 0 saturated heterocycles. The van der Waals surface area contributed by atoms with Gasteiger partial charge < -0.3 is 16.0 Å². The molecule has 1 aromatic carbocycles. The molecule has 90 valence electrons. The van der Waals surface area contributed by atoms with E-state index in [-0.39, 0.29) is 5.91 Å². The minimum absolute atomic E-state index is 0.309. The highest BCUT2D eigenvalue weighted by molar-refractivity contribution is 6.31. The number of imidazole rings is 1. The number of anilines is 1. The van der Waals surface area contributed by atoms with Gasteiger partial charge in [-0.3, -0.25) is 4.79 Å². The van der Waals surface area contributed by atoms with Crippen LogP contribution in [0.15, 0.2) is 18.2 Å². The third kappa shape index (κ3) is 2.50. The lowest BCUT2D eigenvalue weighted by Gasteiger charge is -2.05. The lowest BCUT2D eigenvalue weighted by atomic mass is 10.3. The minimum Gasteiger partial charge on any atom is -0.370 e. The fourth-order valence-electron chi connectivity index (χ4n) is 1.77. The maximum atomic E-state index is 10.7. The fraction of sp³-hybridized carbons (Fsp3) is 0.273. The molecule has 0 spiro atoms. The third-order valence-electron chi connectivity index (χ3n) is 2.54. The molecule has 2 rings (SSSR count). The van der Waals surface area contributed by atoms with E-state index in [1.54, 1.807) is 12.1 Å². The average Bonchev–Trinajstić information content (AvgIpc) is 2.54. The molecule has 4 N–H and O–H groups in total. The number of halogens is 1. The van der Waals surface area contributed by atoms with E-state index in [0.717, 1.165) is 11.0 Å². The lowest BCUT2D eigenvalue weighted by molar-refractivity contribution is -0.118. The van der Waals surface area contributed by atoms with Gasteiger partial charge in [0.2, 0.25) is 11.9 Å². The number of hydrogen-bond acceptors (Lipinski definition) is 3. The van der Waals surface area contributed by atoms with Crippen molar-refractivity contribution in [2.45, 2.75) is 19.4 Å². The Morgan fingerprint density at radius 3 is 2.94 bits per heavy atom. The van der Waals surface area contributed by atoms with Crippen LogP contribution in [0.2, 0.25) is 5.02 Å². The maximum absolute atomic E-state index is 10.7. The summed E-state index contributed by atoms with van der Waals surface area (Å²) in [6.07, 6.45) is 0.986. The number of fused-ring (bicyclic) bond motifs is 1. The zero-order valence-electron chi connectivity index (χ0n) is 9.19. The Bertz CT molecular complexity index is 564. The van der Waals surface area contributed by atoms with Crippen LogP contribution < -0.4 is 11.5 Å². The van der Waals surface area contributed by atoms with Crippen molar-refractivity contribution in [1.82, 2.24) is 9.55 Å². The number of aromatic nitrogens is 2. The molecule has 0 fully saturated rings. The molecule has 0 radical (unpaired) electrons. The van der Waals surface area contributed by atoms with Crippen LogP contribution in [0.25, 0.3) is 11.0 Å². The zero-order valence-corrected chi connectivity index (χ0v) is 9.94. The molecule has 1 amide bonds. The summed E-state index contributed by atoms with van der Waals surface area (Å²) in [6.45, 7) is 0.618. The van der Waals surface area contributed by atoms with Crippen LogP contribution in [-0.2, 0) is 11.3 Å². The first-order valence-electron chi connectivity index (χ1n) is 5.27. The molecule has 0 aliphatic rings. The second kappa shape index (κ2) is 4.63. The number of benzene rings is 1. The molecule has 0 aliphatic heterocycles. The Balaban J connectivity index is 2.27. The van der Waals surface area contributed by atoms with Gasteiger partial charge in [-0.1, -0.05) is 11.6 Å². The first kappa shape index (κ1) is 11.7. The molecule has 5 nitrogen and oxygen atoms in total. The smallest absolute Gasteiger partial charge is 0.217 e. The molecule has 1 heterocycles. The second-order valence-corrected chi connectivity index (χ2v) is 4.26. The summed E-state index contributed by atoms with van der Waals surface area (Å²) in [4.78, 5) is 14.9. The number of amides is 1. The van der Waals surface area contributed by atoms with Gasteiger partial charge >= 0.3 is 0 Å². The van der Waals surface area contributed by atoms with Crippen molar-refractivity contribution in [2.75, 3.05) is 5.73 Å². The van der Waals surface area contributed by atoms with Crippen molar-refractivity contribution >= 4 is 34.5 Å². The van der Waals surface area contributed by atoms with Gasteiger partial charge in [-0.2, -0.15) is 0 Å². The molecule has 6 heteroatoms. The molecule has 0 saturated carbocycles. The van der Waals surface area contributed by atoms with E-state index in [1.807, 2.05) is 10.6 Å². The molecular formula is C11H13ClN4O. The quantitative estimate of drug-likeness (QED) is 0.865. The molecule has 0 aliphatic carbocycles. The largest absolute Gasteiger partial charge is 0.370 e. The predicted octanol–water partition coefficient (Wildman–Crippen LogP) is 1.54. The maximum Gasteiger partial charge on any atom is 0.217 e. The van der Waals surface area contributed by atoms with Crippen LogP contribution in [-0.4, -0.2) is 15.5 Å². The third-order valence-corrected chi connectivity index (χ3v) is 2.78. The van der Waals surface area contributed by atoms with E-state index in [0.29, 0.717) is 30.4 Å². The number of nitrogens with two attached hydrogens (primary N) is 2. The van der Waals surface area contributed by atoms with Gasteiger partial charge in [-0.05, 0) is 24.6 Å². The van der Waals surface area contributed by atoms with Crippen LogP contribution in [0.5, 0.6) is 0 Å². The summed E-state index contributed by atoms with van der Waals surface area (Å²) < 4.78 is 1.86. The fourth-order valence-corrected chi connectivity index (χ4v) is 1.93. The van der Waals surface area contributed by atoms with Crippen molar-refractivity contribution in [2.24, 2.45) is 5.73 Å². The van der Waals surface area contributed by atoms with Crippen molar-refractivity contribution in [1.29, 1.82) is 0 Å². The van der Waals surface area contributed by atoms with E-state index in [4.69, 9.17) is 23.1 Å². The molecule has 0 unspecified atom stereocenters. The molecule has 0 bridgehead atoms. The van der Waals surface area contributed by atoms with Crippen molar-refractivity contribution < 1.29 is 4.79 Å². The van der Waals surface area contributed by atoms with Crippen LogP contribution in [0.1, 0.15) is 12.8 Å². The first-order valence-corrected chi connectivity index (χ1v) is 5.65. The van der Waals surface area contributed by atoms with E-state index in [2.05, 4.69) is 4.98 Å². The van der Waals surface area contributed by atoms with Gasteiger partial charge in [0, 0.05) is 18.0 Å². The minimum atomic E-state index is -0.309. The highest BCUT2D eigenvalue weighted by Gasteiger charge is 2.08. The topological polar surface area (TPSA) is 86.9 Å². The normalized spacial score (nSPS) is 10.9. The monoisotopic (exact) mass is 252 g/mol. The van der Waals surface area contributed by atoms with Crippen LogP contribution >= 0.6 is 11.6 Å². The van der Waals surface area contributed by atoms with Crippen molar-refractivity contribution in [3.8, 4) is 0 Å². The average molecular weight is 253 g/mol. The Morgan fingerprint density at radius 2 is 2.24 bits per heavy atom. The number of nitrogens with zero attached hydrogens (tertiary/aromatic N) is 2. The number of carbonyl (C=O) groups excluding carboxylic acids is 1. The van der Waals surface area contributed by atoms with Gasteiger partial charge in [0.15, 0.2) is 0 Å². The van der Waals surface area contributed by atoms with Crippen LogP contribution in [0.4, 0.5) is 5.95 Å². The summed E-state index contributed by atoms with van der Waals surface area (Å²) in [5.74, 6) is 0.114. The highest BCUT2D eigenvalue weighted by atomic mass is 35.5. The molecule has 2 aromatic rings. The van der Waals surface area contributed by atoms with Crippen molar-refractivity contribution in [3.63, 3.8) is 0 Å². The predicted molar refractivity (Wildman–Crippen MR) is 67.6 cm³/mol. The zero-order chi connectivity index (χ0) is 12.4. The molecule has 1 aromatic heterocycles. The van der Waals surface area contributed by atoms with Gasteiger partial charge in [-0.15, -0.1) is 0 Å².